The van der Waals surface area contributed by atoms with Gasteiger partial charge in [0.2, 0.25) is 11.8 Å². The van der Waals surface area contributed by atoms with E-state index < -0.39 is 0 Å². The van der Waals surface area contributed by atoms with Crippen LogP contribution in [-0.4, -0.2) is 47.8 Å². The SMILES string of the molecule is Cc1cc(C)c(NC(=O)CN(C)CC(=O)N(Cc2ccccc2)C(C)C)c(C)c1. The summed E-state index contributed by atoms with van der Waals surface area (Å²) in [6, 6.07) is 14.2. The van der Waals surface area contributed by atoms with Gasteiger partial charge in [0.05, 0.1) is 13.1 Å². The van der Waals surface area contributed by atoms with Crippen LogP contribution in [0.2, 0.25) is 0 Å². The van der Waals surface area contributed by atoms with Crippen LogP contribution in [-0.2, 0) is 16.1 Å². The highest BCUT2D eigenvalue weighted by Gasteiger charge is 2.20. The fraction of sp³-hybridized carbons (Fsp3) is 0.417. The third-order valence-electron chi connectivity index (χ3n) is 4.90. The first-order valence-corrected chi connectivity index (χ1v) is 10.1. The number of hydrogen-bond acceptors (Lipinski definition) is 3. The summed E-state index contributed by atoms with van der Waals surface area (Å²) in [6.07, 6.45) is 0. The van der Waals surface area contributed by atoms with Gasteiger partial charge in [-0.3, -0.25) is 14.5 Å². The van der Waals surface area contributed by atoms with Gasteiger partial charge in [0.15, 0.2) is 0 Å². The molecule has 29 heavy (non-hydrogen) atoms. The molecule has 156 valence electrons. The maximum atomic E-state index is 12.8. The van der Waals surface area contributed by atoms with E-state index in [0.29, 0.717) is 6.54 Å². The quantitative estimate of drug-likeness (QED) is 0.737. The standard InChI is InChI=1S/C24H33N3O2/c1-17(2)27(14-21-10-8-7-9-11-21)23(29)16-26(6)15-22(28)25-24-19(4)12-18(3)13-20(24)5/h7-13,17H,14-16H2,1-6H3,(H,25,28). The van der Waals surface area contributed by atoms with Crippen LogP contribution >= 0.6 is 0 Å². The Kier molecular flexibility index (Phi) is 7.97. The minimum atomic E-state index is -0.116. The van der Waals surface area contributed by atoms with Crippen molar-refractivity contribution in [3.05, 3.63) is 64.7 Å². The van der Waals surface area contributed by atoms with E-state index in [1.165, 1.54) is 5.56 Å². The summed E-state index contributed by atoms with van der Waals surface area (Å²) in [5, 5.41) is 3.00. The van der Waals surface area contributed by atoms with Gasteiger partial charge in [-0.25, -0.2) is 0 Å². The van der Waals surface area contributed by atoms with E-state index in [-0.39, 0.29) is 30.9 Å². The third-order valence-corrected chi connectivity index (χ3v) is 4.90. The molecule has 2 aromatic rings. The Morgan fingerprint density at radius 3 is 2.10 bits per heavy atom. The van der Waals surface area contributed by atoms with Gasteiger partial charge in [-0.1, -0.05) is 48.0 Å². The first kappa shape index (κ1) is 22.6. The molecular formula is C24H33N3O2. The lowest BCUT2D eigenvalue weighted by Gasteiger charge is -2.29. The van der Waals surface area contributed by atoms with E-state index in [9.17, 15) is 9.59 Å². The van der Waals surface area contributed by atoms with Gasteiger partial charge in [0.1, 0.15) is 0 Å². The summed E-state index contributed by atoms with van der Waals surface area (Å²) in [6.45, 7) is 11.0. The predicted octanol–water partition coefficient (Wildman–Crippen LogP) is 3.92. The molecule has 0 aliphatic heterocycles. The van der Waals surface area contributed by atoms with Gasteiger partial charge >= 0.3 is 0 Å². The lowest BCUT2D eigenvalue weighted by molar-refractivity contribution is -0.134. The van der Waals surface area contributed by atoms with Gasteiger partial charge in [-0.15, -0.1) is 0 Å². The second-order valence-electron chi connectivity index (χ2n) is 8.10. The van der Waals surface area contributed by atoms with Gasteiger partial charge in [0, 0.05) is 18.3 Å². The molecule has 2 rings (SSSR count). The molecule has 0 bridgehead atoms. The van der Waals surface area contributed by atoms with Crippen molar-refractivity contribution in [2.45, 2.75) is 47.2 Å². The van der Waals surface area contributed by atoms with Gasteiger partial charge in [-0.2, -0.15) is 0 Å². The number of anilines is 1. The van der Waals surface area contributed by atoms with Crippen molar-refractivity contribution < 1.29 is 9.59 Å². The Hall–Kier alpha value is -2.66. The molecule has 0 heterocycles. The van der Waals surface area contributed by atoms with Gasteiger partial charge < -0.3 is 10.2 Å². The highest BCUT2D eigenvalue weighted by molar-refractivity contribution is 5.94. The average Bonchev–Trinajstić information content (AvgIpc) is 2.63. The zero-order valence-electron chi connectivity index (χ0n) is 18.5. The molecule has 2 amide bonds. The number of likely N-dealkylation sites (N-methyl/N-ethyl adjacent to an activating group) is 1. The van der Waals surface area contributed by atoms with E-state index in [2.05, 4.69) is 17.4 Å². The molecule has 0 unspecified atom stereocenters. The molecule has 1 N–H and O–H groups in total. The second-order valence-corrected chi connectivity index (χ2v) is 8.10. The smallest absolute Gasteiger partial charge is 0.238 e. The number of carbonyl (C=O) groups is 2. The minimum absolute atomic E-state index is 0.0156. The number of carbonyl (C=O) groups excluding carboxylic acids is 2. The number of nitrogens with one attached hydrogen (secondary N) is 1. The molecule has 0 saturated carbocycles. The van der Waals surface area contributed by atoms with Crippen molar-refractivity contribution in [2.24, 2.45) is 0 Å². The van der Waals surface area contributed by atoms with Crippen LogP contribution < -0.4 is 5.32 Å². The number of hydrogen-bond donors (Lipinski definition) is 1. The Balaban J connectivity index is 1.95. The fourth-order valence-electron chi connectivity index (χ4n) is 3.52. The van der Waals surface area contributed by atoms with Crippen LogP contribution in [0, 0.1) is 20.8 Å². The maximum absolute atomic E-state index is 12.8. The number of benzene rings is 2. The van der Waals surface area contributed by atoms with Crippen LogP contribution in [0.4, 0.5) is 5.69 Å². The largest absolute Gasteiger partial charge is 0.335 e. The monoisotopic (exact) mass is 395 g/mol. The van der Waals surface area contributed by atoms with Gasteiger partial charge in [-0.05, 0) is 58.4 Å². The van der Waals surface area contributed by atoms with E-state index in [1.54, 1.807) is 11.9 Å². The first-order valence-electron chi connectivity index (χ1n) is 10.1. The highest BCUT2D eigenvalue weighted by atomic mass is 16.2. The normalized spacial score (nSPS) is 11.0. The summed E-state index contributed by atoms with van der Waals surface area (Å²) in [5.41, 5.74) is 5.22. The first-order chi connectivity index (χ1) is 13.7. The lowest BCUT2D eigenvalue weighted by Crippen LogP contribution is -2.44. The van der Waals surface area contributed by atoms with Crippen LogP contribution in [0.25, 0.3) is 0 Å². The Bertz CT molecular complexity index is 823. The highest BCUT2D eigenvalue weighted by Crippen LogP contribution is 2.21. The zero-order valence-corrected chi connectivity index (χ0v) is 18.5. The van der Waals surface area contributed by atoms with E-state index in [0.717, 1.165) is 22.4 Å². The summed E-state index contributed by atoms with van der Waals surface area (Å²) in [5.74, 6) is -0.101. The Morgan fingerprint density at radius 2 is 1.55 bits per heavy atom. The summed E-state index contributed by atoms with van der Waals surface area (Å²) in [4.78, 5) is 29.0. The summed E-state index contributed by atoms with van der Waals surface area (Å²) in [7, 11) is 1.80. The Labute approximate surface area is 174 Å². The minimum Gasteiger partial charge on any atom is -0.335 e. The number of nitrogens with zero attached hydrogens (tertiary/aromatic N) is 2. The second kappa shape index (κ2) is 10.2. The lowest BCUT2D eigenvalue weighted by atomic mass is 10.1. The number of amides is 2. The third kappa shape index (κ3) is 6.71. The molecule has 0 atom stereocenters. The number of aryl methyl sites for hydroxylation is 3. The Morgan fingerprint density at radius 1 is 0.966 bits per heavy atom. The predicted molar refractivity (Wildman–Crippen MR) is 119 cm³/mol. The van der Waals surface area contributed by atoms with E-state index >= 15 is 0 Å². The number of rotatable bonds is 8. The zero-order chi connectivity index (χ0) is 21.6. The van der Waals surface area contributed by atoms with E-state index in [1.807, 2.05) is 69.9 Å². The van der Waals surface area contributed by atoms with Crippen molar-refractivity contribution >= 4 is 17.5 Å². The average molecular weight is 396 g/mol. The molecule has 0 saturated heterocycles. The van der Waals surface area contributed by atoms with Crippen molar-refractivity contribution in [1.82, 2.24) is 9.80 Å². The molecule has 0 aromatic heterocycles. The molecule has 0 spiro atoms. The van der Waals surface area contributed by atoms with Gasteiger partial charge in [0.25, 0.3) is 0 Å². The van der Waals surface area contributed by atoms with Crippen LogP contribution in [0.1, 0.15) is 36.1 Å². The molecular weight excluding hydrogens is 362 g/mol. The van der Waals surface area contributed by atoms with E-state index in [4.69, 9.17) is 0 Å². The van der Waals surface area contributed by atoms with Crippen molar-refractivity contribution in [3.8, 4) is 0 Å². The maximum Gasteiger partial charge on any atom is 0.238 e. The molecule has 5 heteroatoms. The van der Waals surface area contributed by atoms with Crippen LogP contribution in [0.15, 0.2) is 42.5 Å². The molecule has 2 aromatic carbocycles. The topological polar surface area (TPSA) is 52.7 Å². The fourth-order valence-corrected chi connectivity index (χ4v) is 3.52. The molecule has 5 nitrogen and oxygen atoms in total. The molecule has 0 radical (unpaired) electrons. The summed E-state index contributed by atoms with van der Waals surface area (Å²) < 4.78 is 0. The molecule has 0 aliphatic carbocycles. The molecule has 0 fully saturated rings. The van der Waals surface area contributed by atoms with Crippen molar-refractivity contribution in [2.75, 3.05) is 25.5 Å². The van der Waals surface area contributed by atoms with Crippen LogP contribution in [0.5, 0.6) is 0 Å². The molecule has 0 aliphatic rings. The summed E-state index contributed by atoms with van der Waals surface area (Å²) >= 11 is 0. The van der Waals surface area contributed by atoms with Crippen LogP contribution in [0.3, 0.4) is 0 Å². The van der Waals surface area contributed by atoms with Crippen molar-refractivity contribution in [3.63, 3.8) is 0 Å². The van der Waals surface area contributed by atoms with Crippen molar-refractivity contribution in [1.29, 1.82) is 0 Å².